The van der Waals surface area contributed by atoms with Crippen molar-refractivity contribution in [1.82, 2.24) is 6.15 Å². The van der Waals surface area contributed by atoms with Gasteiger partial charge in [0, 0.05) is 0 Å². The van der Waals surface area contributed by atoms with Gasteiger partial charge >= 0.3 is 52.6 Å². The second-order valence-corrected chi connectivity index (χ2v) is 1.85. The molecule has 5 N–H and O–H groups in total. The van der Waals surface area contributed by atoms with E-state index in [0.29, 0.717) is 0 Å². The molecule has 0 unspecified atom stereocenters. The maximum atomic E-state index is 8.82. The van der Waals surface area contributed by atoms with E-state index in [-0.39, 0.29) is 32.1 Å². The third-order valence-electron chi connectivity index (χ3n) is 0. The topological polar surface area (TPSA) is 110 Å². The van der Waals surface area contributed by atoms with Gasteiger partial charge in [0.2, 0.25) is 0 Å². The summed E-state index contributed by atoms with van der Waals surface area (Å²) in [6, 6.07) is 0. The first-order valence-corrected chi connectivity index (χ1v) is 2.88. The van der Waals surface area contributed by atoms with E-state index in [1.165, 1.54) is 0 Å². The van der Waals surface area contributed by atoms with Crippen LogP contribution in [0.1, 0.15) is 2.85 Å². The summed E-state index contributed by atoms with van der Waals surface area (Å²) in [6.45, 7) is 0. The Morgan fingerprint density at radius 3 is 1.29 bits per heavy atom. The quantitative estimate of drug-likeness (QED) is 0.381. The van der Waals surface area contributed by atoms with Crippen molar-refractivity contribution >= 4 is 23.1 Å². The zero-order valence-corrected chi connectivity index (χ0v) is 6.22. The average molecular weight is 161 g/mol. The maximum absolute atomic E-state index is 8.82. The second kappa shape index (κ2) is 4.93. The van der Waals surface area contributed by atoms with Gasteiger partial charge in [0.15, 0.2) is 0 Å². The first kappa shape index (κ1) is 15.7. The molecule has 0 atom stereocenters. The van der Waals surface area contributed by atoms with Crippen molar-refractivity contribution in [3.63, 3.8) is 0 Å². The van der Waals surface area contributed by atoms with E-state index < -0.39 is 13.6 Å². The van der Waals surface area contributed by atoms with E-state index >= 15 is 0 Å². The van der Waals surface area contributed by atoms with Gasteiger partial charge in [-0.05, 0) is 0 Å². The molecule has 0 radical (unpaired) electrons. The Kier molecular flexibility index (Phi) is 11.0. The molecule has 0 aromatic rings. The minimum absolute atomic E-state index is 0. The van der Waals surface area contributed by atoms with Crippen LogP contribution in [0.4, 0.5) is 0 Å². The zero-order valence-electron chi connectivity index (χ0n) is 5.53. The van der Waals surface area contributed by atoms with Crippen LogP contribution in [0.5, 0.6) is 0 Å². The number of hydrogen-bond acceptors (Lipinski definition) is 3. The van der Waals surface area contributed by atoms with Crippen LogP contribution >= 0.6 is 0 Å². The van der Waals surface area contributed by atoms with Crippen LogP contribution in [0.2, 0.25) is 0 Å². The fourth-order valence-electron chi connectivity index (χ4n) is 0. The van der Waals surface area contributed by atoms with Crippen molar-refractivity contribution in [3.8, 4) is 0 Å². The Hall–Kier alpha value is 0.779. The van der Waals surface area contributed by atoms with Crippen LogP contribution in [0.15, 0.2) is 0 Å². The summed E-state index contributed by atoms with van der Waals surface area (Å²) in [4.78, 5) is 0. The normalized spacial score (nSPS) is 8.29. The molecule has 0 fully saturated rings. The van der Waals surface area contributed by atoms with Crippen LogP contribution < -0.4 is 6.15 Å². The van der Waals surface area contributed by atoms with Gasteiger partial charge in [-0.1, -0.05) is 0 Å². The molecule has 0 bridgehead atoms. The Morgan fingerprint density at radius 1 is 1.29 bits per heavy atom. The first-order chi connectivity index (χ1) is 2.00. The molecule has 7 heavy (non-hydrogen) atoms. The van der Waals surface area contributed by atoms with Crippen molar-refractivity contribution in [2.24, 2.45) is 0 Å². The van der Waals surface area contributed by atoms with E-state index in [1.807, 2.05) is 0 Å². The van der Waals surface area contributed by atoms with Gasteiger partial charge in [0.25, 0.3) is 0 Å². The second-order valence-electron chi connectivity index (χ2n) is 0.448. The molecule has 0 aromatic heterocycles. The van der Waals surface area contributed by atoms with Crippen molar-refractivity contribution in [2.45, 2.75) is 0 Å². The van der Waals surface area contributed by atoms with Gasteiger partial charge in [-0.25, -0.2) is 0 Å². The molecule has 0 saturated carbocycles. The standard InChI is InChI=1S/Cr.Mg.H3N.2H2O.2O.2H/h;;1H3;2*1H2;;;;/q2*+2;;;;;;2*-1/p-2. The number of hydrogen-bond donors (Lipinski definition) is 3. The molecule has 7 heteroatoms. The van der Waals surface area contributed by atoms with Gasteiger partial charge in [-0.3, -0.25) is 0 Å². The minimum atomic E-state index is -5.25. The van der Waals surface area contributed by atoms with Gasteiger partial charge in [-0.15, -0.1) is 0 Å². The molecule has 0 spiro atoms. The van der Waals surface area contributed by atoms with E-state index in [1.54, 1.807) is 0 Å². The molecule has 44 valence electrons. The van der Waals surface area contributed by atoms with Crippen molar-refractivity contribution < 1.29 is 32.4 Å². The molecule has 0 aromatic carbocycles. The molecular weight excluding hydrogens is 154 g/mol. The van der Waals surface area contributed by atoms with Crippen molar-refractivity contribution in [2.75, 3.05) is 0 Å². The third kappa shape index (κ3) is 255. The van der Waals surface area contributed by atoms with E-state index in [2.05, 4.69) is 0 Å². The Labute approximate surface area is 61.8 Å². The SMILES string of the molecule is N.[H-].[H-].[Mg+2].[O]=[Cr](=[O])([OH])[OH]. The fraction of sp³-hybridized carbons (Fsp3) is 0. The monoisotopic (exact) mass is 161 g/mol. The predicted molar refractivity (Wildman–Crippen MR) is 18.8 cm³/mol. The molecule has 0 aliphatic heterocycles. The summed E-state index contributed by atoms with van der Waals surface area (Å²) in [5.74, 6) is 0. The summed E-state index contributed by atoms with van der Waals surface area (Å²) < 4.78 is 31.9. The molecule has 0 saturated heterocycles. The van der Waals surface area contributed by atoms with Crippen molar-refractivity contribution in [3.05, 3.63) is 0 Å². The summed E-state index contributed by atoms with van der Waals surface area (Å²) in [7, 11) is 0. The Bertz CT molecular complexity index is 102. The molecule has 0 aliphatic rings. The summed E-state index contributed by atoms with van der Waals surface area (Å²) in [5, 5.41) is 0. The molecule has 5 nitrogen and oxygen atoms in total. The van der Waals surface area contributed by atoms with Crippen molar-refractivity contribution in [1.29, 1.82) is 0 Å². The molecule has 0 rings (SSSR count). The van der Waals surface area contributed by atoms with Gasteiger partial charge in [-0.2, -0.15) is 0 Å². The third-order valence-corrected chi connectivity index (χ3v) is 0. The molecular formula is H7CrMgNO4. The summed E-state index contributed by atoms with van der Waals surface area (Å²) in [5.41, 5.74) is 0. The molecule has 0 heterocycles. The summed E-state index contributed by atoms with van der Waals surface area (Å²) in [6.07, 6.45) is 0. The zero-order chi connectivity index (χ0) is 4.50. The van der Waals surface area contributed by atoms with E-state index in [0.717, 1.165) is 0 Å². The van der Waals surface area contributed by atoms with Crippen LogP contribution in [-0.2, 0) is 21.2 Å². The Morgan fingerprint density at radius 2 is 1.29 bits per heavy atom. The predicted octanol–water partition coefficient (Wildman–Crippen LogP) is -1.35. The van der Waals surface area contributed by atoms with Gasteiger partial charge in [0.05, 0.1) is 0 Å². The van der Waals surface area contributed by atoms with Crippen LogP contribution in [0.25, 0.3) is 0 Å². The molecule has 0 amide bonds. The first-order valence-electron chi connectivity index (χ1n) is 0.698. The average Bonchev–Trinajstić information content (AvgIpc) is 0.722. The summed E-state index contributed by atoms with van der Waals surface area (Å²) >= 11 is -5.25. The van der Waals surface area contributed by atoms with E-state index in [4.69, 9.17) is 15.9 Å². The number of rotatable bonds is 0. The van der Waals surface area contributed by atoms with Crippen LogP contribution in [0.3, 0.4) is 0 Å². The Balaban J connectivity index is -0.0000000133. The van der Waals surface area contributed by atoms with Crippen LogP contribution in [0, 0.1) is 0 Å². The van der Waals surface area contributed by atoms with Gasteiger partial charge in [0.1, 0.15) is 0 Å². The van der Waals surface area contributed by atoms with Gasteiger partial charge < -0.3 is 9.00 Å². The fourth-order valence-corrected chi connectivity index (χ4v) is 0. The molecule has 0 aliphatic carbocycles. The van der Waals surface area contributed by atoms with E-state index in [9.17, 15) is 0 Å². The van der Waals surface area contributed by atoms with Crippen LogP contribution in [-0.4, -0.2) is 31.4 Å².